The van der Waals surface area contributed by atoms with E-state index in [9.17, 15) is 49.5 Å². The third kappa shape index (κ3) is 10.4. The third-order valence-electron chi connectivity index (χ3n) is 11.8. The number of rotatable bonds is 14. The Kier molecular flexibility index (Phi) is 13.7. The zero-order valence-corrected chi connectivity index (χ0v) is 36.4. The molecule has 7 N–H and O–H groups in total. The summed E-state index contributed by atoms with van der Waals surface area (Å²) in [4.78, 5) is 52.7. The van der Waals surface area contributed by atoms with Crippen molar-refractivity contribution in [1.29, 1.82) is 0 Å². The topological polar surface area (TPSA) is 211 Å². The summed E-state index contributed by atoms with van der Waals surface area (Å²) in [6, 6.07) is 11.1. The Hall–Kier alpha value is -8.08. The Morgan fingerprint density at radius 2 is 1.18 bits per heavy atom. The lowest BCUT2D eigenvalue weighted by Gasteiger charge is -2.22. The fourth-order valence-corrected chi connectivity index (χ4v) is 8.67. The maximum Gasteiger partial charge on any atom is 0.293 e. The quantitative estimate of drug-likeness (QED) is 0.0777. The molecule has 7 aromatic rings. The molecule has 4 aromatic carbocycles. The molecule has 2 aliphatic rings. The van der Waals surface area contributed by atoms with Gasteiger partial charge >= 0.3 is 0 Å². The average molecular weight is 991 g/mol. The fourth-order valence-electron chi connectivity index (χ4n) is 8.67. The van der Waals surface area contributed by atoms with Gasteiger partial charge in [0.1, 0.15) is 65.5 Å². The van der Waals surface area contributed by atoms with E-state index in [0.29, 0.717) is 33.1 Å². The van der Waals surface area contributed by atoms with Crippen LogP contribution in [0.1, 0.15) is 91.0 Å². The van der Waals surface area contributed by atoms with Crippen molar-refractivity contribution in [2.75, 3.05) is 0 Å². The molecule has 13 nitrogen and oxygen atoms in total. The van der Waals surface area contributed by atoms with Crippen molar-refractivity contribution in [3.63, 3.8) is 0 Å². The van der Waals surface area contributed by atoms with Crippen LogP contribution in [-0.2, 0) is 30.1 Å². The van der Waals surface area contributed by atoms with Gasteiger partial charge < -0.3 is 22.5 Å². The van der Waals surface area contributed by atoms with E-state index in [2.05, 4.69) is 30.4 Å². The van der Waals surface area contributed by atoms with Crippen molar-refractivity contribution in [2.45, 2.75) is 56.2 Å². The van der Waals surface area contributed by atoms with E-state index in [4.69, 9.17) is 17.2 Å². The summed E-state index contributed by atoms with van der Waals surface area (Å²) in [5.41, 5.74) is 16.3. The van der Waals surface area contributed by atoms with Gasteiger partial charge in [0, 0.05) is 47.1 Å². The first kappa shape index (κ1) is 49.3. The number of carbonyl (C=O) groups is 3. The highest BCUT2D eigenvalue weighted by Crippen LogP contribution is 2.68. The lowest BCUT2D eigenvalue weighted by Crippen LogP contribution is -2.35. The lowest BCUT2D eigenvalue weighted by molar-refractivity contribution is -0.123. The number of fused-ring (bicyclic) bond motifs is 3. The van der Waals surface area contributed by atoms with Crippen molar-refractivity contribution in [3.05, 3.63) is 183 Å². The molecule has 0 radical (unpaired) electrons. The summed E-state index contributed by atoms with van der Waals surface area (Å²) in [6.45, 7) is -0.874. The number of aromatic nitrogens is 6. The highest BCUT2D eigenvalue weighted by Gasteiger charge is 2.67. The van der Waals surface area contributed by atoms with Crippen molar-refractivity contribution >= 4 is 17.7 Å². The molecule has 23 heteroatoms. The standard InChI is InChI=1S/C29H21F7N6O2.C19H15F3N4O/c30-14-3-12(4-15(31)7-14)5-21(24-18(9-38-11-39-24)13-1-2-20(32)17(6-13)28(37)44)40-22(43)10-42-26-23(25(41-42)27(33)34)16-8-19(16)29(26,35)36;20-12-3-10(4-13(21)7-12)5-17(23)18-15(8-25-9-26-18)11-1-2-16(22)14(6-11)19(24)27/h1-4,6-7,9,11,16,19,21,27H,5,8,10H2,(H2,37,44)(H,40,43);1-4,6-9,17H,5,23H2,(H2,24,27)/t16?,19?,21-;17-/m00/s1. The number of nitrogens with two attached hydrogens (primary N) is 3. The average Bonchev–Trinajstić information content (AvgIpc) is 3.97. The van der Waals surface area contributed by atoms with Gasteiger partial charge in [-0.15, -0.1) is 0 Å². The molecule has 1 saturated carbocycles. The van der Waals surface area contributed by atoms with E-state index in [1.165, 1.54) is 49.1 Å². The van der Waals surface area contributed by atoms with Gasteiger partial charge in [-0.2, -0.15) is 13.9 Å². The Morgan fingerprint density at radius 1 is 0.690 bits per heavy atom. The summed E-state index contributed by atoms with van der Waals surface area (Å²) in [5.74, 6) is -13.2. The molecule has 4 atom stereocenters. The molecule has 0 bridgehead atoms. The molecule has 2 unspecified atom stereocenters. The maximum absolute atomic E-state index is 15.0. The van der Waals surface area contributed by atoms with Crippen LogP contribution in [0.5, 0.6) is 0 Å². The van der Waals surface area contributed by atoms with Crippen LogP contribution >= 0.6 is 0 Å². The summed E-state index contributed by atoms with van der Waals surface area (Å²) >= 11 is 0. The van der Waals surface area contributed by atoms with Crippen LogP contribution in [0.3, 0.4) is 0 Å². The number of amides is 3. The van der Waals surface area contributed by atoms with E-state index in [1.54, 1.807) is 0 Å². The van der Waals surface area contributed by atoms with Gasteiger partial charge in [-0.25, -0.2) is 55.1 Å². The number of nitrogens with one attached hydrogen (secondary N) is 1. The summed E-state index contributed by atoms with van der Waals surface area (Å²) in [7, 11) is 0. The van der Waals surface area contributed by atoms with Gasteiger partial charge in [0.05, 0.1) is 34.6 Å². The second-order valence-corrected chi connectivity index (χ2v) is 16.6. The van der Waals surface area contributed by atoms with Crippen LogP contribution in [-0.4, -0.2) is 47.4 Å². The number of benzene rings is 4. The van der Waals surface area contributed by atoms with Crippen LogP contribution in [0, 0.1) is 40.8 Å². The molecule has 71 heavy (non-hydrogen) atoms. The molecule has 3 heterocycles. The zero-order chi connectivity index (χ0) is 51.1. The van der Waals surface area contributed by atoms with Gasteiger partial charge in [-0.05, 0) is 96.0 Å². The SMILES string of the molecule is NC(=O)c1cc(-c2cncnc2[C@@H](N)Cc2cc(F)cc(F)c2)ccc1F.NC(=O)c1cc(-c2cncnc2[C@H](Cc2cc(F)cc(F)c2)NC(=O)Cn2nc(C(F)F)c3c2C(F)(F)C2CC32)ccc1F. The molecule has 0 saturated heterocycles. The number of carbonyl (C=O) groups excluding carboxylic acids is 3. The molecule has 366 valence electrons. The highest BCUT2D eigenvalue weighted by atomic mass is 19.3. The van der Waals surface area contributed by atoms with Gasteiger partial charge in [0.15, 0.2) is 0 Å². The van der Waals surface area contributed by atoms with Crippen LogP contribution < -0.4 is 22.5 Å². The van der Waals surface area contributed by atoms with E-state index in [0.717, 1.165) is 42.7 Å². The zero-order valence-electron chi connectivity index (χ0n) is 36.4. The summed E-state index contributed by atoms with van der Waals surface area (Å²) in [6.07, 6.45) is 1.87. The first-order valence-electron chi connectivity index (χ1n) is 21.2. The number of halogens is 10. The van der Waals surface area contributed by atoms with Crippen molar-refractivity contribution in [1.82, 2.24) is 35.0 Å². The minimum absolute atomic E-state index is 0.0429. The highest BCUT2D eigenvalue weighted by molar-refractivity contribution is 5.95. The Balaban J connectivity index is 0.000000214. The number of primary amides is 2. The van der Waals surface area contributed by atoms with Crippen molar-refractivity contribution < 1.29 is 58.3 Å². The predicted molar refractivity (Wildman–Crippen MR) is 232 cm³/mol. The molecule has 3 amide bonds. The fraction of sp³-hybridized carbons (Fsp3) is 0.208. The van der Waals surface area contributed by atoms with E-state index in [1.807, 2.05) is 0 Å². The minimum atomic E-state index is -3.46. The van der Waals surface area contributed by atoms with Gasteiger partial charge in [0.25, 0.3) is 24.2 Å². The van der Waals surface area contributed by atoms with E-state index in [-0.39, 0.29) is 52.8 Å². The maximum atomic E-state index is 15.0. The predicted octanol–water partition coefficient (Wildman–Crippen LogP) is 8.01. The normalized spacial score (nSPS) is 16.1. The smallest absolute Gasteiger partial charge is 0.293 e. The molecule has 0 aliphatic heterocycles. The number of hydrogen-bond acceptors (Lipinski definition) is 9. The number of hydrogen-bond donors (Lipinski definition) is 4. The molecular weight excluding hydrogens is 955 g/mol. The van der Waals surface area contributed by atoms with Crippen LogP contribution in [0.25, 0.3) is 22.3 Å². The van der Waals surface area contributed by atoms with E-state index < -0.39 is 112 Å². The summed E-state index contributed by atoms with van der Waals surface area (Å²) in [5, 5.41) is 6.23. The third-order valence-corrected chi connectivity index (χ3v) is 11.8. The van der Waals surface area contributed by atoms with Gasteiger partial charge in [-0.1, -0.05) is 12.1 Å². The number of alkyl halides is 4. The molecule has 9 rings (SSSR count). The Bertz CT molecular complexity index is 3190. The molecule has 2 aliphatic carbocycles. The van der Waals surface area contributed by atoms with Crippen LogP contribution in [0.4, 0.5) is 43.9 Å². The minimum Gasteiger partial charge on any atom is -0.366 e. The molecular formula is C48H36F10N10O3. The molecule has 1 fully saturated rings. The van der Waals surface area contributed by atoms with E-state index >= 15 is 8.78 Å². The number of nitrogens with zero attached hydrogens (tertiary/aromatic N) is 6. The molecule has 0 spiro atoms. The monoisotopic (exact) mass is 990 g/mol. The first-order valence-corrected chi connectivity index (χ1v) is 21.2. The van der Waals surface area contributed by atoms with Crippen molar-refractivity contribution in [2.24, 2.45) is 23.1 Å². The second kappa shape index (κ2) is 19.7. The van der Waals surface area contributed by atoms with Gasteiger partial charge in [0.2, 0.25) is 5.91 Å². The first-order chi connectivity index (χ1) is 33.7. The Labute approximate surface area is 395 Å². The lowest BCUT2D eigenvalue weighted by atomic mass is 9.95. The van der Waals surface area contributed by atoms with Crippen LogP contribution in [0.15, 0.2) is 97.8 Å². The van der Waals surface area contributed by atoms with Crippen molar-refractivity contribution in [3.8, 4) is 22.3 Å². The largest absolute Gasteiger partial charge is 0.366 e. The Morgan fingerprint density at radius 3 is 1.69 bits per heavy atom. The second-order valence-electron chi connectivity index (χ2n) is 16.6. The molecule has 3 aromatic heterocycles. The van der Waals surface area contributed by atoms with Gasteiger partial charge in [-0.3, -0.25) is 19.1 Å². The van der Waals surface area contributed by atoms with Crippen LogP contribution in [0.2, 0.25) is 0 Å². The summed E-state index contributed by atoms with van der Waals surface area (Å²) < 4.78 is 141.